The van der Waals surface area contributed by atoms with Crippen LogP contribution < -0.4 is 5.32 Å². The van der Waals surface area contributed by atoms with Crippen molar-refractivity contribution in [3.8, 4) is 0 Å². The summed E-state index contributed by atoms with van der Waals surface area (Å²) in [6.07, 6.45) is 0.0410. The van der Waals surface area contributed by atoms with Gasteiger partial charge in [0.2, 0.25) is 11.8 Å². The number of carboxylic acids is 1. The zero-order valence-corrected chi connectivity index (χ0v) is 14.8. The third-order valence-corrected chi connectivity index (χ3v) is 5.05. The fourth-order valence-electron chi connectivity index (χ4n) is 2.50. The van der Waals surface area contributed by atoms with Crippen molar-refractivity contribution < 1.29 is 24.6 Å². The monoisotopic (exact) mass is 366 g/mol. The number of aliphatic carboxylic acids is 1. The molecule has 0 unspecified atom stereocenters. The molecule has 0 spiro atoms. The summed E-state index contributed by atoms with van der Waals surface area (Å²) in [5.41, 5.74) is 0.0819. The number of carbonyl (C=O) groups is 3. The first-order chi connectivity index (χ1) is 11.8. The summed E-state index contributed by atoms with van der Waals surface area (Å²) in [4.78, 5) is 36.5. The zero-order valence-electron chi connectivity index (χ0n) is 14.0. The number of anilines is 1. The number of aliphatic hydroxyl groups is 1. The number of nitrogens with one attached hydrogen (secondary N) is 1. The summed E-state index contributed by atoms with van der Waals surface area (Å²) >= 11 is 1.21. The van der Waals surface area contributed by atoms with Crippen LogP contribution in [0.3, 0.4) is 0 Å². The fourth-order valence-corrected chi connectivity index (χ4v) is 3.21. The van der Waals surface area contributed by atoms with E-state index in [2.05, 4.69) is 5.32 Å². The number of carbonyl (C=O) groups excluding carboxylic acids is 2. The molecule has 3 N–H and O–H groups in total. The van der Waals surface area contributed by atoms with Gasteiger partial charge in [-0.15, -0.1) is 11.8 Å². The van der Waals surface area contributed by atoms with E-state index in [4.69, 9.17) is 5.11 Å². The maximum Gasteiger partial charge on any atom is 0.335 e. The maximum atomic E-state index is 12.1. The lowest BCUT2D eigenvalue weighted by atomic mass is 9.92. The molecule has 0 bridgehead atoms. The lowest BCUT2D eigenvalue weighted by Crippen LogP contribution is -2.51. The van der Waals surface area contributed by atoms with Crippen molar-refractivity contribution in [2.24, 2.45) is 0 Å². The molecule has 0 aliphatic carbocycles. The van der Waals surface area contributed by atoms with E-state index in [-0.39, 0.29) is 49.3 Å². The largest absolute Gasteiger partial charge is 0.479 e. The van der Waals surface area contributed by atoms with Gasteiger partial charge in [0.1, 0.15) is 0 Å². The summed E-state index contributed by atoms with van der Waals surface area (Å²) < 4.78 is 0. The third kappa shape index (κ3) is 5.47. The van der Waals surface area contributed by atoms with E-state index in [1.807, 2.05) is 31.2 Å². The van der Waals surface area contributed by atoms with Gasteiger partial charge in [-0.3, -0.25) is 9.59 Å². The molecule has 0 saturated carbocycles. The fraction of sp³-hybridized carbons (Fsp3) is 0.471. The number of rotatable bonds is 6. The van der Waals surface area contributed by atoms with E-state index in [1.165, 1.54) is 16.7 Å². The molecular formula is C17H22N2O5S. The molecule has 1 heterocycles. The Labute approximate surface area is 150 Å². The Hall–Kier alpha value is -2.06. The van der Waals surface area contributed by atoms with Gasteiger partial charge in [-0.25, -0.2) is 4.79 Å². The Balaban J connectivity index is 1.69. The number of hydrogen-bond donors (Lipinski definition) is 3. The van der Waals surface area contributed by atoms with Crippen molar-refractivity contribution >= 4 is 35.2 Å². The second-order valence-electron chi connectivity index (χ2n) is 6.12. The van der Waals surface area contributed by atoms with Crippen LogP contribution in [0.15, 0.2) is 24.3 Å². The van der Waals surface area contributed by atoms with Gasteiger partial charge in [0.15, 0.2) is 5.60 Å². The number of hydrogen-bond acceptors (Lipinski definition) is 5. The third-order valence-electron chi connectivity index (χ3n) is 4.14. The number of likely N-dealkylation sites (tertiary alicyclic amines) is 1. The molecule has 25 heavy (non-hydrogen) atoms. The Morgan fingerprint density at radius 3 is 2.32 bits per heavy atom. The minimum Gasteiger partial charge on any atom is -0.479 e. The predicted molar refractivity (Wildman–Crippen MR) is 95.5 cm³/mol. The molecule has 0 atom stereocenters. The molecular weight excluding hydrogens is 344 g/mol. The highest BCUT2D eigenvalue weighted by Gasteiger charge is 2.40. The smallest absolute Gasteiger partial charge is 0.335 e. The normalized spacial score (nSPS) is 16.3. The van der Waals surface area contributed by atoms with Crippen LogP contribution in [0.5, 0.6) is 0 Å². The Morgan fingerprint density at radius 2 is 1.76 bits per heavy atom. The minimum atomic E-state index is -1.74. The Kier molecular flexibility index (Phi) is 6.44. The second kappa shape index (κ2) is 8.35. The summed E-state index contributed by atoms with van der Waals surface area (Å²) in [5, 5.41) is 21.6. The van der Waals surface area contributed by atoms with Gasteiger partial charge in [-0.05, 0) is 19.1 Å². The van der Waals surface area contributed by atoms with Crippen LogP contribution in [0.25, 0.3) is 0 Å². The van der Waals surface area contributed by atoms with Gasteiger partial charge < -0.3 is 20.4 Å². The topological polar surface area (TPSA) is 107 Å². The molecule has 2 rings (SSSR count). The van der Waals surface area contributed by atoms with Gasteiger partial charge in [0.25, 0.3) is 0 Å². The van der Waals surface area contributed by atoms with E-state index in [1.54, 1.807) is 0 Å². The summed E-state index contributed by atoms with van der Waals surface area (Å²) in [5.74, 6) is -1.28. The molecule has 1 aliphatic heterocycles. The van der Waals surface area contributed by atoms with E-state index >= 15 is 0 Å². The number of thioether (sulfide) groups is 1. The predicted octanol–water partition coefficient (Wildman–Crippen LogP) is 1.10. The van der Waals surface area contributed by atoms with Crippen molar-refractivity contribution in [1.29, 1.82) is 0 Å². The minimum absolute atomic E-state index is 0.0205. The highest BCUT2D eigenvalue weighted by molar-refractivity contribution is 8.00. The van der Waals surface area contributed by atoms with Gasteiger partial charge in [-0.2, -0.15) is 0 Å². The SMILES string of the molecule is Cc1ccc(NC(=O)CSCC(=O)N2CCC(O)(C(=O)O)CC2)cc1. The van der Waals surface area contributed by atoms with Crippen LogP contribution in [-0.2, 0) is 14.4 Å². The summed E-state index contributed by atoms with van der Waals surface area (Å²) in [7, 11) is 0. The number of carboxylic acid groups (broad SMARTS) is 1. The molecule has 8 heteroatoms. The van der Waals surface area contributed by atoms with Crippen molar-refractivity contribution in [1.82, 2.24) is 4.90 Å². The molecule has 1 aromatic rings. The molecule has 7 nitrogen and oxygen atoms in total. The molecule has 1 saturated heterocycles. The first-order valence-corrected chi connectivity index (χ1v) is 9.13. The number of nitrogens with zero attached hydrogens (tertiary/aromatic N) is 1. The standard InChI is InChI=1S/C17H22N2O5S/c1-12-2-4-13(5-3-12)18-14(20)10-25-11-15(21)19-8-6-17(24,7-9-19)16(22)23/h2-5,24H,6-11H2,1H3,(H,18,20)(H,22,23). The quantitative estimate of drug-likeness (QED) is 0.696. The van der Waals surface area contributed by atoms with E-state index in [9.17, 15) is 19.5 Å². The van der Waals surface area contributed by atoms with E-state index < -0.39 is 11.6 Å². The lowest BCUT2D eigenvalue weighted by Gasteiger charge is -2.35. The highest BCUT2D eigenvalue weighted by Crippen LogP contribution is 2.23. The number of amides is 2. The molecule has 1 aromatic carbocycles. The molecule has 0 aromatic heterocycles. The average molecular weight is 366 g/mol. The Morgan fingerprint density at radius 1 is 1.16 bits per heavy atom. The number of piperidine rings is 1. The Bertz CT molecular complexity index is 639. The molecule has 2 amide bonds. The number of aryl methyl sites for hydroxylation is 1. The van der Waals surface area contributed by atoms with E-state index in [0.29, 0.717) is 5.69 Å². The van der Waals surface area contributed by atoms with Crippen LogP contribution in [0.4, 0.5) is 5.69 Å². The second-order valence-corrected chi connectivity index (χ2v) is 7.11. The summed E-state index contributed by atoms with van der Waals surface area (Å²) in [6.45, 7) is 2.38. The molecule has 136 valence electrons. The average Bonchev–Trinajstić information content (AvgIpc) is 2.57. The molecule has 0 radical (unpaired) electrons. The lowest BCUT2D eigenvalue weighted by molar-refractivity contribution is -0.165. The van der Waals surface area contributed by atoms with Gasteiger partial charge >= 0.3 is 5.97 Å². The first-order valence-electron chi connectivity index (χ1n) is 7.98. The maximum absolute atomic E-state index is 12.1. The van der Waals surface area contributed by atoms with E-state index in [0.717, 1.165) is 5.56 Å². The van der Waals surface area contributed by atoms with Crippen LogP contribution >= 0.6 is 11.8 Å². The highest BCUT2D eigenvalue weighted by atomic mass is 32.2. The van der Waals surface area contributed by atoms with Crippen molar-refractivity contribution in [3.63, 3.8) is 0 Å². The van der Waals surface area contributed by atoms with Gasteiger partial charge in [-0.1, -0.05) is 17.7 Å². The first kappa shape index (κ1) is 19.3. The van der Waals surface area contributed by atoms with Crippen LogP contribution in [-0.4, -0.2) is 63.1 Å². The van der Waals surface area contributed by atoms with Crippen LogP contribution in [0, 0.1) is 6.92 Å². The van der Waals surface area contributed by atoms with Crippen LogP contribution in [0.1, 0.15) is 18.4 Å². The molecule has 1 aliphatic rings. The summed E-state index contributed by atoms with van der Waals surface area (Å²) in [6, 6.07) is 7.45. The van der Waals surface area contributed by atoms with Crippen molar-refractivity contribution in [2.75, 3.05) is 29.9 Å². The van der Waals surface area contributed by atoms with Gasteiger partial charge in [0, 0.05) is 31.6 Å². The zero-order chi connectivity index (χ0) is 18.4. The van der Waals surface area contributed by atoms with Crippen molar-refractivity contribution in [3.05, 3.63) is 29.8 Å². The van der Waals surface area contributed by atoms with Gasteiger partial charge in [0.05, 0.1) is 11.5 Å². The van der Waals surface area contributed by atoms with Crippen LogP contribution in [0.2, 0.25) is 0 Å². The number of benzene rings is 1. The van der Waals surface area contributed by atoms with Crippen molar-refractivity contribution in [2.45, 2.75) is 25.4 Å². The molecule has 1 fully saturated rings.